The highest BCUT2D eigenvalue weighted by Gasteiger charge is 2.16. The van der Waals surface area contributed by atoms with Crippen LogP contribution >= 0.6 is 22.7 Å². The molecule has 0 aliphatic carbocycles. The van der Waals surface area contributed by atoms with Gasteiger partial charge >= 0.3 is 0 Å². The number of nitrogens with one attached hydrogen (secondary N) is 1. The van der Waals surface area contributed by atoms with Gasteiger partial charge in [0.15, 0.2) is 15.0 Å². The molecule has 0 atom stereocenters. The molecule has 4 aromatic rings. The summed E-state index contributed by atoms with van der Waals surface area (Å²) < 4.78 is 23.8. The molecule has 1 N–H and O–H groups in total. The first-order valence-electron chi connectivity index (χ1n) is 7.64. The number of fused-ring (bicyclic) bond motifs is 1. The van der Waals surface area contributed by atoms with Crippen LogP contribution in [0.5, 0.6) is 0 Å². The summed E-state index contributed by atoms with van der Waals surface area (Å²) in [5.41, 5.74) is 1.71. The Balaban J connectivity index is 1.87. The number of aromatic nitrogens is 3. The van der Waals surface area contributed by atoms with Crippen molar-refractivity contribution < 1.29 is 8.42 Å². The maximum Gasteiger partial charge on any atom is 0.188 e. The molecule has 132 valence electrons. The zero-order valence-electron chi connectivity index (χ0n) is 13.9. The molecule has 0 bridgehead atoms. The second-order valence-corrected chi connectivity index (χ2v) is 9.86. The third-order valence-electron chi connectivity index (χ3n) is 3.79. The molecule has 0 aliphatic rings. The van der Waals surface area contributed by atoms with Gasteiger partial charge in [0, 0.05) is 28.3 Å². The van der Waals surface area contributed by atoms with Gasteiger partial charge < -0.3 is 5.32 Å². The van der Waals surface area contributed by atoms with Crippen molar-refractivity contribution in [1.29, 1.82) is 0 Å². The van der Waals surface area contributed by atoms with Gasteiger partial charge in [0.05, 0.1) is 10.3 Å². The molecule has 3 heterocycles. The molecule has 0 amide bonds. The summed E-state index contributed by atoms with van der Waals surface area (Å²) in [5, 5.41) is 6.84. The van der Waals surface area contributed by atoms with E-state index in [1.165, 1.54) is 23.9 Å². The van der Waals surface area contributed by atoms with Crippen LogP contribution in [0.25, 0.3) is 21.3 Å². The van der Waals surface area contributed by atoms with E-state index in [2.05, 4.69) is 20.3 Å². The van der Waals surface area contributed by atoms with Crippen molar-refractivity contribution in [2.45, 2.75) is 11.8 Å². The second-order valence-electron chi connectivity index (χ2n) is 5.75. The monoisotopic (exact) mass is 402 g/mol. The Bertz CT molecular complexity index is 1210. The lowest BCUT2D eigenvalue weighted by atomic mass is 10.1. The number of benzene rings is 1. The maximum absolute atomic E-state index is 11.9. The van der Waals surface area contributed by atoms with E-state index in [0.29, 0.717) is 5.82 Å². The van der Waals surface area contributed by atoms with Gasteiger partial charge in [-0.2, -0.15) is 0 Å². The predicted octanol–water partition coefficient (Wildman–Crippen LogP) is 4.27. The summed E-state index contributed by atoms with van der Waals surface area (Å²) in [6, 6.07) is 6.92. The highest BCUT2D eigenvalue weighted by Crippen LogP contribution is 2.38. The average molecular weight is 403 g/mol. The highest BCUT2D eigenvalue weighted by atomic mass is 32.2. The molecule has 1 aromatic carbocycles. The van der Waals surface area contributed by atoms with E-state index < -0.39 is 9.84 Å². The largest absolute Gasteiger partial charge is 0.316 e. The Labute approximate surface area is 158 Å². The number of thiophene rings is 1. The summed E-state index contributed by atoms with van der Waals surface area (Å²) in [6.07, 6.45) is 4.52. The van der Waals surface area contributed by atoms with Gasteiger partial charge in [0.1, 0.15) is 17.0 Å². The molecular weight excluding hydrogens is 388 g/mol. The van der Waals surface area contributed by atoms with Gasteiger partial charge in [-0.25, -0.2) is 23.4 Å². The number of sulfone groups is 1. The van der Waals surface area contributed by atoms with Crippen molar-refractivity contribution in [1.82, 2.24) is 15.0 Å². The van der Waals surface area contributed by atoms with Crippen LogP contribution in [0, 0.1) is 6.92 Å². The van der Waals surface area contributed by atoms with Crippen molar-refractivity contribution in [3.05, 3.63) is 47.0 Å². The van der Waals surface area contributed by atoms with Crippen LogP contribution in [-0.2, 0) is 9.84 Å². The molecule has 0 aliphatic heterocycles. The van der Waals surface area contributed by atoms with Crippen LogP contribution in [0.15, 0.2) is 47.1 Å². The Morgan fingerprint density at radius 2 is 2.00 bits per heavy atom. The fourth-order valence-corrected chi connectivity index (χ4v) is 4.84. The summed E-state index contributed by atoms with van der Waals surface area (Å²) >= 11 is 3.04. The van der Waals surface area contributed by atoms with E-state index in [1.807, 2.05) is 18.4 Å². The molecule has 0 radical (unpaired) electrons. The Hall–Kier alpha value is -2.36. The minimum Gasteiger partial charge on any atom is -0.316 e. The van der Waals surface area contributed by atoms with Crippen LogP contribution in [0.1, 0.15) is 4.88 Å². The summed E-state index contributed by atoms with van der Waals surface area (Å²) in [6.45, 7) is 1.99. The second kappa shape index (κ2) is 6.42. The third-order valence-corrected chi connectivity index (χ3v) is 6.61. The molecular formula is C17H14N4O2S3. The molecule has 0 unspecified atom stereocenters. The molecule has 9 heteroatoms. The topological polar surface area (TPSA) is 84.8 Å². The minimum absolute atomic E-state index is 0.288. The van der Waals surface area contributed by atoms with Crippen LogP contribution in [0.2, 0.25) is 0 Å². The Kier molecular flexibility index (Phi) is 4.22. The molecule has 26 heavy (non-hydrogen) atoms. The minimum atomic E-state index is -3.28. The van der Waals surface area contributed by atoms with E-state index in [-0.39, 0.29) is 4.90 Å². The molecule has 0 fully saturated rings. The lowest BCUT2D eigenvalue weighted by molar-refractivity contribution is 0.602. The zero-order valence-corrected chi connectivity index (χ0v) is 16.4. The van der Waals surface area contributed by atoms with E-state index >= 15 is 0 Å². The van der Waals surface area contributed by atoms with E-state index in [1.54, 1.807) is 35.7 Å². The van der Waals surface area contributed by atoms with E-state index in [0.717, 1.165) is 31.4 Å². The molecule has 6 nitrogen and oxygen atoms in total. The van der Waals surface area contributed by atoms with Crippen LogP contribution < -0.4 is 5.32 Å². The standard InChI is InChI=1S/C17H14N4O2S3/c1-10-7-18-17(25-10)21-15-14-13(8-24-16(14)20-9-19-15)11-4-3-5-12(6-11)26(2,22)23/h3-9H,1-2H3,(H,18,19,20,21). The van der Waals surface area contributed by atoms with Crippen molar-refractivity contribution in [3.8, 4) is 11.1 Å². The molecule has 0 spiro atoms. The number of nitrogens with zero attached hydrogens (tertiary/aromatic N) is 3. The van der Waals surface area contributed by atoms with Gasteiger partial charge in [-0.3, -0.25) is 0 Å². The number of rotatable bonds is 4. The summed E-state index contributed by atoms with van der Waals surface area (Å²) in [7, 11) is -3.28. The number of thiazole rings is 1. The average Bonchev–Trinajstić information content (AvgIpc) is 3.21. The van der Waals surface area contributed by atoms with Crippen molar-refractivity contribution in [2.75, 3.05) is 11.6 Å². The van der Waals surface area contributed by atoms with Gasteiger partial charge in [0.2, 0.25) is 0 Å². The van der Waals surface area contributed by atoms with Crippen molar-refractivity contribution >= 4 is 53.7 Å². The van der Waals surface area contributed by atoms with Crippen molar-refractivity contribution in [3.63, 3.8) is 0 Å². The Morgan fingerprint density at radius 1 is 1.15 bits per heavy atom. The molecule has 0 saturated heterocycles. The first-order chi connectivity index (χ1) is 12.4. The molecule has 0 saturated carbocycles. The molecule has 3 aromatic heterocycles. The SMILES string of the molecule is Cc1cnc(Nc2ncnc3scc(-c4cccc(S(C)(=O)=O)c4)c23)s1. The van der Waals surface area contributed by atoms with Gasteiger partial charge in [-0.15, -0.1) is 22.7 Å². The highest BCUT2D eigenvalue weighted by molar-refractivity contribution is 7.90. The number of aryl methyl sites for hydroxylation is 1. The quantitative estimate of drug-likeness (QED) is 0.549. The van der Waals surface area contributed by atoms with E-state index in [9.17, 15) is 8.42 Å². The zero-order chi connectivity index (χ0) is 18.3. The number of anilines is 2. The maximum atomic E-state index is 11.9. The smallest absolute Gasteiger partial charge is 0.188 e. The number of hydrogen-bond acceptors (Lipinski definition) is 8. The first kappa shape index (κ1) is 17.1. The normalized spacial score (nSPS) is 11.8. The van der Waals surface area contributed by atoms with Gasteiger partial charge in [0.25, 0.3) is 0 Å². The van der Waals surface area contributed by atoms with Crippen molar-refractivity contribution in [2.24, 2.45) is 0 Å². The fourth-order valence-electron chi connectivity index (χ4n) is 2.59. The van der Waals surface area contributed by atoms with Gasteiger partial charge in [-0.05, 0) is 24.6 Å². The third kappa shape index (κ3) is 3.20. The van der Waals surface area contributed by atoms with Crippen LogP contribution in [0.3, 0.4) is 0 Å². The summed E-state index contributed by atoms with van der Waals surface area (Å²) in [5.74, 6) is 0.658. The van der Waals surface area contributed by atoms with Crippen LogP contribution in [-0.4, -0.2) is 29.6 Å². The van der Waals surface area contributed by atoms with E-state index in [4.69, 9.17) is 0 Å². The predicted molar refractivity (Wildman–Crippen MR) is 106 cm³/mol. The summed E-state index contributed by atoms with van der Waals surface area (Å²) in [4.78, 5) is 15.3. The molecule has 4 rings (SSSR count). The lowest BCUT2D eigenvalue weighted by Crippen LogP contribution is -1.97. The number of hydrogen-bond donors (Lipinski definition) is 1. The van der Waals surface area contributed by atoms with Crippen LogP contribution in [0.4, 0.5) is 10.9 Å². The first-order valence-corrected chi connectivity index (χ1v) is 11.2. The fraction of sp³-hybridized carbons (Fsp3) is 0.118. The van der Waals surface area contributed by atoms with Gasteiger partial charge in [-0.1, -0.05) is 12.1 Å². The lowest BCUT2D eigenvalue weighted by Gasteiger charge is -2.07. The Morgan fingerprint density at radius 3 is 2.73 bits per heavy atom.